The van der Waals surface area contributed by atoms with Gasteiger partial charge in [-0.1, -0.05) is 34.1 Å². The average Bonchev–Trinajstić information content (AvgIpc) is 2.46. The summed E-state index contributed by atoms with van der Waals surface area (Å²) in [4.78, 5) is 0.112. The zero-order chi connectivity index (χ0) is 17.3. The van der Waals surface area contributed by atoms with Crippen molar-refractivity contribution in [1.29, 1.82) is 0 Å². The molecule has 0 spiro atoms. The Bertz CT molecular complexity index is 789. The maximum Gasteiger partial charge on any atom is 0.416 e. The Morgan fingerprint density at radius 1 is 1.09 bits per heavy atom. The Balaban J connectivity index is 2.20. The molecule has 2 rings (SSSR count). The Morgan fingerprint density at radius 3 is 2.22 bits per heavy atom. The van der Waals surface area contributed by atoms with Gasteiger partial charge in [0.25, 0.3) is 0 Å². The van der Waals surface area contributed by atoms with E-state index in [4.69, 9.17) is 0 Å². The largest absolute Gasteiger partial charge is 0.416 e. The predicted molar refractivity (Wildman–Crippen MR) is 84.2 cm³/mol. The summed E-state index contributed by atoms with van der Waals surface area (Å²) in [6.07, 6.45) is -4.41. The summed E-state index contributed by atoms with van der Waals surface area (Å²) in [5.41, 5.74) is -0.294. The average molecular weight is 408 g/mol. The normalized spacial score (nSPS) is 12.6. The second kappa shape index (κ2) is 6.62. The van der Waals surface area contributed by atoms with Gasteiger partial charge in [0.1, 0.15) is 0 Å². The molecular formula is C15H13BrF3NO2S. The van der Waals surface area contributed by atoms with Gasteiger partial charge in [0.05, 0.1) is 10.5 Å². The van der Waals surface area contributed by atoms with E-state index in [1.54, 1.807) is 12.1 Å². The molecule has 0 atom stereocenters. The van der Waals surface area contributed by atoms with Crippen LogP contribution in [0.3, 0.4) is 0 Å². The summed E-state index contributed by atoms with van der Waals surface area (Å²) in [5.74, 6) is 0. The third-order valence-electron chi connectivity index (χ3n) is 3.19. The molecule has 0 radical (unpaired) electrons. The van der Waals surface area contributed by atoms with Crippen LogP contribution in [0.1, 0.15) is 11.1 Å². The summed E-state index contributed by atoms with van der Waals surface area (Å²) < 4.78 is 64.2. The van der Waals surface area contributed by atoms with Gasteiger partial charge < -0.3 is 0 Å². The SMILES string of the molecule is CN(Cc1ccc(C(F)(F)F)cc1)S(=O)(=O)c1cccc(Br)c1. The molecule has 0 unspecified atom stereocenters. The lowest BCUT2D eigenvalue weighted by atomic mass is 10.1. The third kappa shape index (κ3) is 4.33. The van der Waals surface area contributed by atoms with Crippen LogP contribution in [0.25, 0.3) is 0 Å². The zero-order valence-electron chi connectivity index (χ0n) is 12.0. The number of nitrogens with zero attached hydrogens (tertiary/aromatic N) is 1. The highest BCUT2D eigenvalue weighted by Gasteiger charge is 2.30. The fourth-order valence-corrected chi connectivity index (χ4v) is 3.70. The number of alkyl halides is 3. The van der Waals surface area contributed by atoms with Crippen molar-refractivity contribution in [1.82, 2.24) is 4.31 Å². The summed E-state index contributed by atoms with van der Waals surface area (Å²) in [7, 11) is -2.33. The monoisotopic (exact) mass is 407 g/mol. The van der Waals surface area contributed by atoms with Crippen LogP contribution in [-0.4, -0.2) is 19.8 Å². The first-order valence-electron chi connectivity index (χ1n) is 6.49. The molecular weight excluding hydrogens is 395 g/mol. The molecule has 2 aromatic rings. The second-order valence-electron chi connectivity index (χ2n) is 4.91. The highest BCUT2D eigenvalue weighted by atomic mass is 79.9. The zero-order valence-corrected chi connectivity index (χ0v) is 14.4. The van der Waals surface area contributed by atoms with Crippen molar-refractivity contribution < 1.29 is 21.6 Å². The molecule has 0 aromatic heterocycles. The molecule has 0 fully saturated rings. The second-order valence-corrected chi connectivity index (χ2v) is 7.87. The Hall–Kier alpha value is -1.38. The lowest BCUT2D eigenvalue weighted by molar-refractivity contribution is -0.137. The molecule has 8 heteroatoms. The number of halogens is 4. The molecule has 0 aliphatic carbocycles. The van der Waals surface area contributed by atoms with Crippen LogP contribution in [0.4, 0.5) is 13.2 Å². The first-order valence-corrected chi connectivity index (χ1v) is 8.72. The van der Waals surface area contributed by atoms with Gasteiger partial charge in [-0.15, -0.1) is 0 Å². The van der Waals surface area contributed by atoms with Crippen molar-refractivity contribution in [2.45, 2.75) is 17.6 Å². The standard InChI is InChI=1S/C15H13BrF3NO2S/c1-20(23(21,22)14-4-2-3-13(16)9-14)10-11-5-7-12(8-6-11)15(17,18)19/h2-9H,10H2,1H3. The van der Waals surface area contributed by atoms with E-state index < -0.39 is 21.8 Å². The van der Waals surface area contributed by atoms with Crippen molar-refractivity contribution >= 4 is 26.0 Å². The van der Waals surface area contributed by atoms with E-state index in [1.165, 1.54) is 31.3 Å². The van der Waals surface area contributed by atoms with Gasteiger partial charge in [-0.05, 0) is 35.9 Å². The van der Waals surface area contributed by atoms with Crippen LogP contribution >= 0.6 is 15.9 Å². The molecule has 0 saturated heterocycles. The van der Waals surface area contributed by atoms with Gasteiger partial charge in [-0.25, -0.2) is 8.42 Å². The molecule has 3 nitrogen and oxygen atoms in total. The summed E-state index contributed by atoms with van der Waals surface area (Å²) in [5, 5.41) is 0. The van der Waals surface area contributed by atoms with Gasteiger partial charge in [-0.3, -0.25) is 0 Å². The number of hydrogen-bond acceptors (Lipinski definition) is 2. The molecule has 0 bridgehead atoms. The van der Waals surface area contributed by atoms with Crippen molar-refractivity contribution in [3.63, 3.8) is 0 Å². The summed E-state index contributed by atoms with van der Waals surface area (Å²) in [6, 6.07) is 10.7. The van der Waals surface area contributed by atoms with E-state index >= 15 is 0 Å². The lowest BCUT2D eigenvalue weighted by Crippen LogP contribution is -2.26. The van der Waals surface area contributed by atoms with Crippen molar-refractivity contribution in [3.8, 4) is 0 Å². The molecule has 23 heavy (non-hydrogen) atoms. The molecule has 0 N–H and O–H groups in total. The third-order valence-corrected chi connectivity index (χ3v) is 5.48. The molecule has 0 aliphatic rings. The van der Waals surface area contributed by atoms with Crippen molar-refractivity contribution in [2.75, 3.05) is 7.05 Å². The quantitative estimate of drug-likeness (QED) is 0.757. The molecule has 0 aliphatic heterocycles. The van der Waals surface area contributed by atoms with Crippen LogP contribution in [0.15, 0.2) is 57.9 Å². The number of rotatable bonds is 4. The number of benzene rings is 2. The van der Waals surface area contributed by atoms with E-state index in [1.807, 2.05) is 0 Å². The van der Waals surface area contributed by atoms with Crippen LogP contribution < -0.4 is 0 Å². The summed E-state index contributed by atoms with van der Waals surface area (Å²) in [6.45, 7) is -0.0208. The van der Waals surface area contributed by atoms with Gasteiger partial charge in [0.15, 0.2) is 0 Å². The molecule has 0 saturated carbocycles. The summed E-state index contributed by atoms with van der Waals surface area (Å²) >= 11 is 3.21. The van der Waals surface area contributed by atoms with Gasteiger partial charge in [-0.2, -0.15) is 17.5 Å². The fourth-order valence-electron chi connectivity index (χ4n) is 1.95. The topological polar surface area (TPSA) is 37.4 Å². The number of sulfonamides is 1. The Morgan fingerprint density at radius 2 is 1.70 bits per heavy atom. The van der Waals surface area contributed by atoms with E-state index in [9.17, 15) is 21.6 Å². The molecule has 2 aromatic carbocycles. The Labute approximate surface area is 140 Å². The molecule has 0 amide bonds. The Kier molecular flexibility index (Phi) is 5.17. The highest BCUT2D eigenvalue weighted by Crippen LogP contribution is 2.29. The van der Waals surface area contributed by atoms with Crippen LogP contribution in [0.2, 0.25) is 0 Å². The van der Waals surface area contributed by atoms with Crippen LogP contribution in [0, 0.1) is 0 Å². The first-order chi connectivity index (χ1) is 10.6. The van der Waals surface area contributed by atoms with E-state index in [0.717, 1.165) is 16.4 Å². The first kappa shape index (κ1) is 18.0. The minimum Gasteiger partial charge on any atom is -0.207 e. The van der Waals surface area contributed by atoms with Crippen molar-refractivity contribution in [2.24, 2.45) is 0 Å². The van der Waals surface area contributed by atoms with E-state index in [-0.39, 0.29) is 11.4 Å². The highest BCUT2D eigenvalue weighted by molar-refractivity contribution is 9.10. The fraction of sp³-hybridized carbons (Fsp3) is 0.200. The minimum atomic E-state index is -4.41. The molecule has 124 valence electrons. The molecule has 0 heterocycles. The minimum absolute atomic E-state index is 0.0208. The maximum atomic E-state index is 12.5. The predicted octanol–water partition coefficient (Wildman–Crippen LogP) is 4.29. The lowest BCUT2D eigenvalue weighted by Gasteiger charge is -2.18. The maximum absolute atomic E-state index is 12.5. The van der Waals surface area contributed by atoms with Crippen LogP contribution in [-0.2, 0) is 22.7 Å². The van der Waals surface area contributed by atoms with Gasteiger partial charge >= 0.3 is 6.18 Å². The van der Waals surface area contributed by atoms with E-state index in [2.05, 4.69) is 15.9 Å². The van der Waals surface area contributed by atoms with Gasteiger partial charge in [0.2, 0.25) is 10.0 Å². The van der Waals surface area contributed by atoms with Crippen molar-refractivity contribution in [3.05, 3.63) is 64.1 Å². The number of hydrogen-bond donors (Lipinski definition) is 0. The smallest absolute Gasteiger partial charge is 0.207 e. The van der Waals surface area contributed by atoms with E-state index in [0.29, 0.717) is 10.0 Å². The van der Waals surface area contributed by atoms with Gasteiger partial charge in [0, 0.05) is 18.1 Å². The van der Waals surface area contributed by atoms with Crippen LogP contribution in [0.5, 0.6) is 0 Å².